The van der Waals surface area contributed by atoms with Gasteiger partial charge in [0.05, 0.1) is 11.3 Å². The maximum atomic E-state index is 13.7. The predicted octanol–water partition coefficient (Wildman–Crippen LogP) is 3.05. The fourth-order valence-corrected chi connectivity index (χ4v) is 2.63. The monoisotopic (exact) mass is 268 g/mol. The molecule has 5 heteroatoms. The second-order valence-electron chi connectivity index (χ2n) is 5.75. The van der Waals surface area contributed by atoms with E-state index in [0.29, 0.717) is 6.07 Å². The van der Waals surface area contributed by atoms with Crippen molar-refractivity contribution in [3.63, 3.8) is 0 Å². The average molecular weight is 268 g/mol. The summed E-state index contributed by atoms with van der Waals surface area (Å²) in [5.74, 6) is -2.53. The highest BCUT2D eigenvalue weighted by molar-refractivity contribution is 5.94. The quantitative estimate of drug-likeness (QED) is 0.885. The van der Waals surface area contributed by atoms with Gasteiger partial charge in [0, 0.05) is 12.1 Å². The van der Waals surface area contributed by atoms with Crippen molar-refractivity contribution in [3.05, 3.63) is 29.3 Å². The number of anilines is 1. The van der Waals surface area contributed by atoms with E-state index in [1.54, 1.807) is 0 Å². The molecule has 1 saturated carbocycles. The number of halogens is 2. The number of nitrogens with one attached hydrogen (secondary N) is 1. The molecule has 1 aromatic rings. The van der Waals surface area contributed by atoms with Crippen LogP contribution in [0, 0.1) is 17.0 Å². The number of carbonyl (C=O) groups is 1. The van der Waals surface area contributed by atoms with Crippen LogP contribution in [0.1, 0.15) is 43.5 Å². The number of hydrogen-bond donors (Lipinski definition) is 2. The third kappa shape index (κ3) is 2.69. The van der Waals surface area contributed by atoms with Crippen molar-refractivity contribution in [1.82, 2.24) is 0 Å². The molecule has 0 spiro atoms. The average Bonchev–Trinajstić information content (AvgIpc) is 2.61. The summed E-state index contributed by atoms with van der Waals surface area (Å²) in [7, 11) is 0. The first-order valence-corrected chi connectivity index (χ1v) is 6.36. The number of carbonyl (C=O) groups excluding carboxylic acids is 1. The topological polar surface area (TPSA) is 55.1 Å². The summed E-state index contributed by atoms with van der Waals surface area (Å²) in [4.78, 5) is 11.1. The Morgan fingerprint density at radius 3 is 2.58 bits per heavy atom. The van der Waals surface area contributed by atoms with Crippen LogP contribution in [-0.2, 0) is 0 Å². The normalized spacial score (nSPS) is 21.4. The fraction of sp³-hybridized carbons (Fsp3) is 0.500. The van der Waals surface area contributed by atoms with Crippen molar-refractivity contribution in [2.75, 3.05) is 5.32 Å². The first kappa shape index (κ1) is 13.8. The largest absolute Gasteiger partial charge is 0.379 e. The van der Waals surface area contributed by atoms with Crippen molar-refractivity contribution in [1.29, 1.82) is 0 Å². The Labute approximate surface area is 111 Å². The molecule has 1 fully saturated rings. The molecule has 2 rings (SSSR count). The molecule has 0 aromatic heterocycles. The standard InChI is InChI=1S/C14H18F2N2O/c1-14(2)5-3-4-12(14)18-11-6-8(13(17)19)9(15)7-10(11)16/h6-7,12,18H,3-5H2,1-2H3,(H2,17,19). The minimum atomic E-state index is -0.929. The van der Waals surface area contributed by atoms with E-state index in [4.69, 9.17) is 5.73 Å². The van der Waals surface area contributed by atoms with Gasteiger partial charge in [0.25, 0.3) is 5.91 Å². The van der Waals surface area contributed by atoms with Gasteiger partial charge in [-0.25, -0.2) is 8.78 Å². The third-order valence-electron chi connectivity index (χ3n) is 3.91. The van der Waals surface area contributed by atoms with Crippen LogP contribution in [0.25, 0.3) is 0 Å². The smallest absolute Gasteiger partial charge is 0.251 e. The van der Waals surface area contributed by atoms with Crippen LogP contribution < -0.4 is 11.1 Å². The van der Waals surface area contributed by atoms with Crippen molar-refractivity contribution >= 4 is 11.6 Å². The number of nitrogens with two attached hydrogens (primary N) is 1. The maximum absolute atomic E-state index is 13.7. The van der Waals surface area contributed by atoms with Gasteiger partial charge in [-0.05, 0) is 24.3 Å². The molecule has 1 aromatic carbocycles. The Kier molecular flexibility index (Phi) is 3.47. The third-order valence-corrected chi connectivity index (χ3v) is 3.91. The summed E-state index contributed by atoms with van der Waals surface area (Å²) in [6.45, 7) is 4.21. The van der Waals surface area contributed by atoms with Gasteiger partial charge in [-0.15, -0.1) is 0 Å². The number of hydrogen-bond acceptors (Lipinski definition) is 2. The Morgan fingerprint density at radius 1 is 1.37 bits per heavy atom. The number of amides is 1. The Morgan fingerprint density at radius 2 is 2.05 bits per heavy atom. The lowest BCUT2D eigenvalue weighted by Gasteiger charge is -2.29. The molecule has 3 nitrogen and oxygen atoms in total. The molecule has 0 saturated heterocycles. The molecule has 1 unspecified atom stereocenters. The lowest BCUT2D eigenvalue weighted by molar-refractivity contribution is 0.0996. The molecule has 104 valence electrons. The van der Waals surface area contributed by atoms with Crippen LogP contribution in [0.4, 0.5) is 14.5 Å². The molecule has 3 N–H and O–H groups in total. The van der Waals surface area contributed by atoms with Gasteiger partial charge in [0.15, 0.2) is 0 Å². The highest BCUT2D eigenvalue weighted by Crippen LogP contribution is 2.39. The molecule has 0 bridgehead atoms. The summed E-state index contributed by atoms with van der Waals surface area (Å²) < 4.78 is 27.1. The number of benzene rings is 1. The van der Waals surface area contributed by atoms with Gasteiger partial charge in [0.1, 0.15) is 11.6 Å². The van der Waals surface area contributed by atoms with E-state index < -0.39 is 17.5 Å². The lowest BCUT2D eigenvalue weighted by atomic mass is 9.87. The van der Waals surface area contributed by atoms with Gasteiger partial charge in [-0.1, -0.05) is 20.3 Å². The zero-order valence-electron chi connectivity index (χ0n) is 11.1. The van der Waals surface area contributed by atoms with Crippen molar-refractivity contribution in [3.8, 4) is 0 Å². The van der Waals surface area contributed by atoms with E-state index in [1.807, 2.05) is 0 Å². The molecular formula is C14H18F2N2O. The minimum absolute atomic E-state index is 0.0493. The van der Waals surface area contributed by atoms with E-state index in [9.17, 15) is 13.6 Å². The summed E-state index contributed by atoms with van der Waals surface area (Å²) in [6.07, 6.45) is 3.04. The van der Waals surface area contributed by atoms with Gasteiger partial charge in [-0.2, -0.15) is 0 Å². The van der Waals surface area contributed by atoms with Crippen molar-refractivity contribution < 1.29 is 13.6 Å². The zero-order chi connectivity index (χ0) is 14.2. The summed E-state index contributed by atoms with van der Waals surface area (Å²) >= 11 is 0. The molecule has 1 aliphatic carbocycles. The van der Waals surface area contributed by atoms with E-state index in [0.717, 1.165) is 25.3 Å². The van der Waals surface area contributed by atoms with E-state index in [1.165, 1.54) is 0 Å². The second kappa shape index (κ2) is 4.79. The summed E-state index contributed by atoms with van der Waals surface area (Å²) in [6, 6.07) is 1.96. The van der Waals surface area contributed by atoms with Crippen LogP contribution >= 0.6 is 0 Å². The molecule has 1 aliphatic rings. The van der Waals surface area contributed by atoms with Gasteiger partial charge >= 0.3 is 0 Å². The summed E-state index contributed by atoms with van der Waals surface area (Å²) in [5, 5.41) is 3.07. The van der Waals surface area contributed by atoms with Crippen LogP contribution in [0.2, 0.25) is 0 Å². The van der Waals surface area contributed by atoms with Gasteiger partial charge in [0.2, 0.25) is 0 Å². The van der Waals surface area contributed by atoms with Crippen LogP contribution in [0.3, 0.4) is 0 Å². The van der Waals surface area contributed by atoms with Crippen molar-refractivity contribution in [2.45, 2.75) is 39.2 Å². The Hall–Kier alpha value is -1.65. The van der Waals surface area contributed by atoms with Crippen LogP contribution in [0.5, 0.6) is 0 Å². The predicted molar refractivity (Wildman–Crippen MR) is 69.9 cm³/mol. The number of rotatable bonds is 3. The molecule has 0 heterocycles. The molecule has 0 aliphatic heterocycles. The van der Waals surface area contributed by atoms with Crippen molar-refractivity contribution in [2.24, 2.45) is 11.1 Å². The van der Waals surface area contributed by atoms with E-state index in [2.05, 4.69) is 19.2 Å². The van der Waals surface area contributed by atoms with Crippen LogP contribution in [0.15, 0.2) is 12.1 Å². The second-order valence-corrected chi connectivity index (χ2v) is 5.75. The molecule has 19 heavy (non-hydrogen) atoms. The molecule has 0 radical (unpaired) electrons. The lowest BCUT2D eigenvalue weighted by Crippen LogP contribution is -2.31. The SMILES string of the molecule is CC1(C)CCCC1Nc1cc(C(N)=O)c(F)cc1F. The van der Waals surface area contributed by atoms with Gasteiger partial charge in [-0.3, -0.25) is 4.79 Å². The van der Waals surface area contributed by atoms with Gasteiger partial charge < -0.3 is 11.1 Å². The van der Waals surface area contributed by atoms with E-state index >= 15 is 0 Å². The van der Waals surface area contributed by atoms with Crippen LogP contribution in [-0.4, -0.2) is 11.9 Å². The molecular weight excluding hydrogens is 250 g/mol. The van der Waals surface area contributed by atoms with E-state index in [-0.39, 0.29) is 22.7 Å². The first-order valence-electron chi connectivity index (χ1n) is 6.36. The minimum Gasteiger partial charge on any atom is -0.379 e. The number of primary amides is 1. The first-order chi connectivity index (χ1) is 8.81. The summed E-state index contributed by atoms with van der Waals surface area (Å²) in [5.41, 5.74) is 4.96. The maximum Gasteiger partial charge on any atom is 0.251 e. The zero-order valence-corrected chi connectivity index (χ0v) is 11.1. The molecule has 1 amide bonds. The Balaban J connectivity index is 2.30. The Bertz CT molecular complexity index is 514. The molecule has 1 atom stereocenters. The fourth-order valence-electron chi connectivity index (χ4n) is 2.63. The highest BCUT2D eigenvalue weighted by Gasteiger charge is 2.34. The highest BCUT2D eigenvalue weighted by atomic mass is 19.1.